The van der Waals surface area contributed by atoms with Crippen LogP contribution in [0.1, 0.15) is 36.4 Å². The molecule has 1 atom stereocenters. The predicted octanol–water partition coefficient (Wildman–Crippen LogP) is 1.27. The fraction of sp³-hybridized carbons (Fsp3) is 0.500. The fourth-order valence-corrected chi connectivity index (χ4v) is 2.49. The molecule has 0 amide bonds. The molecule has 1 aliphatic rings. The molecule has 0 radical (unpaired) electrons. The lowest BCUT2D eigenvalue weighted by molar-refractivity contribution is -0.151. The summed E-state index contributed by atoms with van der Waals surface area (Å²) in [4.78, 5) is 11.9. The van der Waals surface area contributed by atoms with Crippen molar-refractivity contribution in [1.82, 2.24) is 0 Å². The van der Waals surface area contributed by atoms with Gasteiger partial charge in [-0.15, -0.1) is 0 Å². The molecule has 1 aliphatic carbocycles. The molecule has 3 N–H and O–H groups in total. The van der Waals surface area contributed by atoms with E-state index < -0.39 is 5.41 Å². The van der Waals surface area contributed by atoms with Crippen LogP contribution in [0.25, 0.3) is 0 Å². The van der Waals surface area contributed by atoms with E-state index >= 15 is 0 Å². The van der Waals surface area contributed by atoms with Gasteiger partial charge in [-0.05, 0) is 24.0 Å². The van der Waals surface area contributed by atoms with E-state index in [0.717, 1.165) is 30.4 Å². The minimum Gasteiger partial charge on any atom is -0.468 e. The summed E-state index contributed by atoms with van der Waals surface area (Å²) >= 11 is 0. The number of methoxy groups -OCH3 is 1. The number of hydrogen-bond acceptors (Lipinski definition) is 4. The highest BCUT2D eigenvalue weighted by molar-refractivity contribution is 5.84. The third-order valence-electron chi connectivity index (χ3n) is 3.87. The first-order valence-electron chi connectivity index (χ1n) is 6.19. The summed E-state index contributed by atoms with van der Waals surface area (Å²) < 4.78 is 4.91. The van der Waals surface area contributed by atoms with Crippen LogP contribution in [0.3, 0.4) is 0 Å². The average molecular weight is 249 g/mol. The average Bonchev–Trinajstić information content (AvgIpc) is 2.37. The van der Waals surface area contributed by atoms with Crippen LogP contribution < -0.4 is 5.73 Å². The summed E-state index contributed by atoms with van der Waals surface area (Å²) in [5.41, 5.74) is 7.14. The van der Waals surface area contributed by atoms with Crippen LogP contribution in [-0.2, 0) is 14.9 Å². The van der Waals surface area contributed by atoms with E-state index in [2.05, 4.69) is 0 Å². The first-order chi connectivity index (χ1) is 8.64. The van der Waals surface area contributed by atoms with Crippen molar-refractivity contribution in [1.29, 1.82) is 0 Å². The Hall–Kier alpha value is -1.39. The largest absolute Gasteiger partial charge is 0.468 e. The molecule has 1 aromatic carbocycles. The van der Waals surface area contributed by atoms with E-state index in [1.54, 1.807) is 0 Å². The summed E-state index contributed by atoms with van der Waals surface area (Å²) in [6, 6.07) is 7.22. The van der Waals surface area contributed by atoms with Gasteiger partial charge in [0.2, 0.25) is 0 Å². The van der Waals surface area contributed by atoms with Crippen LogP contribution in [0.2, 0.25) is 0 Å². The van der Waals surface area contributed by atoms with E-state index in [1.807, 2.05) is 24.3 Å². The van der Waals surface area contributed by atoms with E-state index in [-0.39, 0.29) is 18.6 Å². The van der Waals surface area contributed by atoms with Crippen molar-refractivity contribution in [2.45, 2.75) is 30.7 Å². The molecule has 0 spiro atoms. The van der Waals surface area contributed by atoms with Gasteiger partial charge in [0.05, 0.1) is 25.2 Å². The number of aliphatic hydroxyl groups is 1. The van der Waals surface area contributed by atoms with Crippen molar-refractivity contribution in [2.75, 3.05) is 13.7 Å². The maximum absolute atomic E-state index is 11.9. The molecular formula is C14H19NO3. The Balaban J connectivity index is 2.25. The molecule has 98 valence electrons. The minimum atomic E-state index is -0.462. The van der Waals surface area contributed by atoms with Crippen LogP contribution in [0, 0.1) is 0 Å². The zero-order valence-corrected chi connectivity index (χ0v) is 10.6. The highest BCUT2D eigenvalue weighted by atomic mass is 16.5. The molecule has 1 aromatic rings. The summed E-state index contributed by atoms with van der Waals surface area (Å²) in [5, 5.41) is 9.00. The lowest BCUT2D eigenvalue weighted by atomic mass is 9.64. The van der Waals surface area contributed by atoms with Gasteiger partial charge in [-0.1, -0.05) is 30.7 Å². The summed E-state index contributed by atoms with van der Waals surface area (Å²) in [6.07, 6.45) is 2.73. The van der Waals surface area contributed by atoms with Crippen LogP contribution in [0.4, 0.5) is 0 Å². The third-order valence-corrected chi connectivity index (χ3v) is 3.87. The van der Waals surface area contributed by atoms with E-state index in [1.165, 1.54) is 7.11 Å². The molecule has 2 rings (SSSR count). The van der Waals surface area contributed by atoms with Gasteiger partial charge >= 0.3 is 5.97 Å². The molecule has 1 saturated carbocycles. The fourth-order valence-electron chi connectivity index (χ4n) is 2.49. The van der Waals surface area contributed by atoms with Gasteiger partial charge in [-0.3, -0.25) is 4.79 Å². The Labute approximate surface area is 107 Å². The quantitative estimate of drug-likeness (QED) is 0.788. The van der Waals surface area contributed by atoms with Crippen LogP contribution in [0.5, 0.6) is 0 Å². The molecule has 0 aromatic heterocycles. The van der Waals surface area contributed by atoms with Crippen molar-refractivity contribution >= 4 is 5.97 Å². The van der Waals surface area contributed by atoms with Gasteiger partial charge in [0, 0.05) is 0 Å². The molecule has 18 heavy (non-hydrogen) atoms. The van der Waals surface area contributed by atoms with E-state index in [0.29, 0.717) is 0 Å². The zero-order chi connectivity index (χ0) is 13.2. The molecule has 4 nitrogen and oxygen atoms in total. The molecule has 4 heteroatoms. The molecular weight excluding hydrogens is 230 g/mol. The Morgan fingerprint density at radius 3 is 2.44 bits per heavy atom. The smallest absolute Gasteiger partial charge is 0.316 e. The highest BCUT2D eigenvalue weighted by Gasteiger charge is 2.46. The summed E-state index contributed by atoms with van der Waals surface area (Å²) in [6.45, 7) is -0.0819. The van der Waals surface area contributed by atoms with Crippen molar-refractivity contribution in [3.05, 3.63) is 35.4 Å². The maximum Gasteiger partial charge on any atom is 0.316 e. The monoisotopic (exact) mass is 249 g/mol. The normalized spacial score (nSPS) is 18.8. The predicted molar refractivity (Wildman–Crippen MR) is 68.0 cm³/mol. The Bertz CT molecular complexity index is 423. The number of carbonyl (C=O) groups excluding carboxylic acids is 1. The van der Waals surface area contributed by atoms with Crippen LogP contribution >= 0.6 is 0 Å². The molecule has 1 unspecified atom stereocenters. The van der Waals surface area contributed by atoms with Gasteiger partial charge < -0.3 is 15.6 Å². The number of aliphatic hydroxyl groups excluding tert-OH is 1. The van der Waals surface area contributed by atoms with E-state index in [9.17, 15) is 4.79 Å². The van der Waals surface area contributed by atoms with Crippen LogP contribution in [-0.4, -0.2) is 24.8 Å². The number of benzene rings is 1. The minimum absolute atomic E-state index is 0.0819. The van der Waals surface area contributed by atoms with Crippen molar-refractivity contribution in [2.24, 2.45) is 5.73 Å². The molecule has 0 bridgehead atoms. The van der Waals surface area contributed by atoms with Gasteiger partial charge in [0.1, 0.15) is 0 Å². The number of ether oxygens (including phenoxy) is 1. The lowest BCUT2D eigenvalue weighted by Gasteiger charge is -2.39. The summed E-state index contributed by atoms with van der Waals surface area (Å²) in [5.74, 6) is -0.159. The van der Waals surface area contributed by atoms with Crippen molar-refractivity contribution in [3.63, 3.8) is 0 Å². The molecule has 0 heterocycles. The summed E-state index contributed by atoms with van der Waals surface area (Å²) in [7, 11) is 1.43. The van der Waals surface area contributed by atoms with Gasteiger partial charge in [-0.2, -0.15) is 0 Å². The van der Waals surface area contributed by atoms with Crippen LogP contribution in [0.15, 0.2) is 24.3 Å². The van der Waals surface area contributed by atoms with Gasteiger partial charge in [0.15, 0.2) is 0 Å². The Kier molecular flexibility index (Phi) is 3.68. The van der Waals surface area contributed by atoms with Crippen molar-refractivity contribution in [3.8, 4) is 0 Å². The number of hydrogen-bond donors (Lipinski definition) is 2. The number of esters is 1. The number of nitrogens with two attached hydrogens (primary N) is 1. The second kappa shape index (κ2) is 5.08. The SMILES string of the molecule is COC(=O)C1(c2ccc(C(N)CO)cc2)CCC1. The standard InChI is InChI=1S/C14H19NO3/c1-18-13(17)14(7-2-8-14)11-5-3-10(4-6-11)12(15)9-16/h3-6,12,16H,2,7-9,15H2,1H3. The zero-order valence-electron chi connectivity index (χ0n) is 10.6. The third kappa shape index (κ3) is 2.02. The second-order valence-electron chi connectivity index (χ2n) is 4.84. The molecule has 0 aliphatic heterocycles. The highest BCUT2D eigenvalue weighted by Crippen LogP contribution is 2.44. The van der Waals surface area contributed by atoms with Gasteiger partial charge in [-0.25, -0.2) is 0 Å². The van der Waals surface area contributed by atoms with E-state index in [4.69, 9.17) is 15.6 Å². The maximum atomic E-state index is 11.9. The first kappa shape index (κ1) is 13.1. The number of rotatable bonds is 4. The first-order valence-corrected chi connectivity index (χ1v) is 6.19. The van der Waals surface area contributed by atoms with Crippen molar-refractivity contribution < 1.29 is 14.6 Å². The van der Waals surface area contributed by atoms with Gasteiger partial charge in [0.25, 0.3) is 0 Å². The number of carbonyl (C=O) groups is 1. The molecule has 1 fully saturated rings. The molecule has 0 saturated heterocycles. The Morgan fingerprint density at radius 1 is 1.44 bits per heavy atom. The Morgan fingerprint density at radius 2 is 2.06 bits per heavy atom. The topological polar surface area (TPSA) is 72.5 Å². The lowest BCUT2D eigenvalue weighted by Crippen LogP contribution is -2.43. The second-order valence-corrected chi connectivity index (χ2v) is 4.84.